The summed E-state index contributed by atoms with van der Waals surface area (Å²) in [6.45, 7) is 0.133. The lowest BCUT2D eigenvalue weighted by Gasteiger charge is -2.16. The summed E-state index contributed by atoms with van der Waals surface area (Å²) < 4.78 is 56.6. The molecule has 31 heavy (non-hydrogen) atoms. The van der Waals surface area contributed by atoms with Crippen molar-refractivity contribution in [3.8, 4) is 0 Å². The number of amides is 1. The van der Waals surface area contributed by atoms with Crippen molar-refractivity contribution >= 4 is 34.5 Å². The topological polar surface area (TPSA) is 59.0 Å². The van der Waals surface area contributed by atoms with E-state index >= 15 is 0 Å². The number of benzene rings is 2. The van der Waals surface area contributed by atoms with Crippen molar-refractivity contribution in [3.63, 3.8) is 0 Å². The highest BCUT2D eigenvalue weighted by molar-refractivity contribution is 8.18. The van der Waals surface area contributed by atoms with Crippen LogP contribution in [-0.2, 0) is 26.9 Å². The second-order valence-electron chi connectivity index (χ2n) is 6.41. The van der Waals surface area contributed by atoms with Gasteiger partial charge in [-0.3, -0.25) is 9.69 Å². The van der Waals surface area contributed by atoms with E-state index in [1.165, 1.54) is 29.2 Å². The summed E-state index contributed by atoms with van der Waals surface area (Å²) in [5.74, 6) is -1.66. The quantitative estimate of drug-likeness (QED) is 0.375. The molecule has 0 saturated carbocycles. The number of amidine groups is 1. The van der Waals surface area contributed by atoms with E-state index in [2.05, 4.69) is 9.73 Å². The number of methoxy groups -OCH3 is 1. The number of esters is 1. The highest BCUT2D eigenvalue weighted by atomic mass is 32.2. The maximum absolute atomic E-state index is 13.1. The van der Waals surface area contributed by atoms with Crippen LogP contribution < -0.4 is 0 Å². The first kappa shape index (κ1) is 22.5. The molecule has 3 rings (SSSR count). The summed E-state index contributed by atoms with van der Waals surface area (Å²) in [5, 5.41) is 0.126. The lowest BCUT2D eigenvalue weighted by atomic mass is 10.1. The molecule has 1 heterocycles. The minimum Gasteiger partial charge on any atom is -0.466 e. The Morgan fingerprint density at radius 3 is 2.55 bits per heavy atom. The number of ether oxygens (including phenoxy) is 1. The van der Waals surface area contributed by atoms with Crippen LogP contribution in [0.5, 0.6) is 0 Å². The molecule has 162 valence electrons. The van der Waals surface area contributed by atoms with Crippen LogP contribution in [0.2, 0.25) is 0 Å². The SMILES string of the molecule is COC(=O)/C=C1/SC(=Nc2cccc(C(F)(F)F)c2)N(CCc2ccc(F)cc2)C1=O. The zero-order valence-corrected chi connectivity index (χ0v) is 17.0. The molecule has 1 amide bonds. The number of halogens is 4. The van der Waals surface area contributed by atoms with Crippen LogP contribution in [0.3, 0.4) is 0 Å². The standard InChI is InChI=1S/C21H16F4N2O3S/c1-30-18(28)12-17-19(29)27(10-9-13-5-7-15(22)8-6-13)20(31-17)26-16-4-2-3-14(11-16)21(23,24)25/h2-8,11-12H,9-10H2,1H3/b17-12+,26-20?. The molecule has 0 bridgehead atoms. The van der Waals surface area contributed by atoms with Crippen molar-refractivity contribution in [3.05, 3.63) is 76.5 Å². The third-order valence-electron chi connectivity index (χ3n) is 4.27. The van der Waals surface area contributed by atoms with Crippen molar-refractivity contribution < 1.29 is 31.9 Å². The number of alkyl halides is 3. The van der Waals surface area contributed by atoms with Crippen LogP contribution in [0.25, 0.3) is 0 Å². The Balaban J connectivity index is 1.91. The predicted octanol–water partition coefficient (Wildman–Crippen LogP) is 4.71. The Bertz CT molecular complexity index is 1050. The predicted molar refractivity (Wildman–Crippen MR) is 108 cm³/mol. The molecule has 0 aliphatic carbocycles. The number of thioether (sulfide) groups is 1. The molecule has 1 aliphatic rings. The zero-order chi connectivity index (χ0) is 22.6. The highest BCUT2D eigenvalue weighted by Crippen LogP contribution is 2.35. The van der Waals surface area contributed by atoms with Crippen LogP contribution >= 0.6 is 11.8 Å². The van der Waals surface area contributed by atoms with E-state index < -0.39 is 29.4 Å². The molecule has 0 unspecified atom stereocenters. The van der Waals surface area contributed by atoms with E-state index in [4.69, 9.17) is 0 Å². The fourth-order valence-electron chi connectivity index (χ4n) is 2.71. The van der Waals surface area contributed by atoms with Crippen molar-refractivity contribution in [2.45, 2.75) is 12.6 Å². The van der Waals surface area contributed by atoms with Gasteiger partial charge in [0.05, 0.1) is 23.3 Å². The minimum absolute atomic E-state index is 0.0104. The lowest BCUT2D eigenvalue weighted by Crippen LogP contribution is -2.31. The van der Waals surface area contributed by atoms with Gasteiger partial charge in [-0.2, -0.15) is 13.2 Å². The molecule has 1 aliphatic heterocycles. The van der Waals surface area contributed by atoms with Gasteiger partial charge in [0.15, 0.2) is 5.17 Å². The monoisotopic (exact) mass is 452 g/mol. The Kier molecular flexibility index (Phi) is 6.79. The Morgan fingerprint density at radius 1 is 1.19 bits per heavy atom. The van der Waals surface area contributed by atoms with Gasteiger partial charge in [0.2, 0.25) is 0 Å². The van der Waals surface area contributed by atoms with Gasteiger partial charge in [-0.05, 0) is 54.1 Å². The van der Waals surface area contributed by atoms with Crippen molar-refractivity contribution in [2.75, 3.05) is 13.7 Å². The van der Waals surface area contributed by atoms with E-state index in [9.17, 15) is 27.2 Å². The van der Waals surface area contributed by atoms with Crippen LogP contribution in [0.4, 0.5) is 23.2 Å². The number of aliphatic imine (C=N–C) groups is 1. The Hall–Kier alpha value is -3.14. The number of hydrogen-bond acceptors (Lipinski definition) is 5. The molecule has 1 saturated heterocycles. The number of carbonyl (C=O) groups is 2. The second kappa shape index (κ2) is 9.34. The smallest absolute Gasteiger partial charge is 0.416 e. The summed E-state index contributed by atoms with van der Waals surface area (Å²) >= 11 is 0.862. The van der Waals surface area contributed by atoms with Crippen molar-refractivity contribution in [2.24, 2.45) is 4.99 Å². The van der Waals surface area contributed by atoms with Gasteiger partial charge in [-0.1, -0.05) is 18.2 Å². The normalized spacial score (nSPS) is 16.9. The molecule has 5 nitrogen and oxygen atoms in total. The van der Waals surface area contributed by atoms with Gasteiger partial charge in [-0.15, -0.1) is 0 Å². The van der Waals surface area contributed by atoms with Gasteiger partial charge in [0, 0.05) is 12.6 Å². The summed E-state index contributed by atoms with van der Waals surface area (Å²) in [4.78, 5) is 29.8. The van der Waals surface area contributed by atoms with Crippen LogP contribution in [0.1, 0.15) is 11.1 Å². The van der Waals surface area contributed by atoms with Gasteiger partial charge < -0.3 is 4.74 Å². The average Bonchev–Trinajstić information content (AvgIpc) is 3.01. The molecule has 0 spiro atoms. The molecular weight excluding hydrogens is 436 g/mol. The maximum atomic E-state index is 13.1. The minimum atomic E-state index is -4.53. The average molecular weight is 452 g/mol. The first-order chi connectivity index (χ1) is 14.7. The fraction of sp³-hybridized carbons (Fsp3) is 0.190. The first-order valence-electron chi connectivity index (χ1n) is 8.97. The van der Waals surface area contributed by atoms with Gasteiger partial charge >= 0.3 is 12.1 Å². The molecule has 0 aromatic heterocycles. The summed E-state index contributed by atoms with van der Waals surface area (Å²) in [6, 6.07) is 10.1. The molecule has 0 radical (unpaired) electrons. The number of nitrogens with zero attached hydrogens (tertiary/aromatic N) is 2. The third-order valence-corrected chi connectivity index (χ3v) is 5.28. The van der Waals surface area contributed by atoms with E-state index in [1.54, 1.807) is 12.1 Å². The second-order valence-corrected chi connectivity index (χ2v) is 7.42. The van der Waals surface area contributed by atoms with Gasteiger partial charge in [0.1, 0.15) is 5.82 Å². The number of rotatable bonds is 5. The Morgan fingerprint density at radius 2 is 1.90 bits per heavy atom. The Labute approximate surface area is 179 Å². The molecule has 2 aromatic carbocycles. The summed E-state index contributed by atoms with van der Waals surface area (Å²) in [5.41, 5.74) is -0.105. The van der Waals surface area contributed by atoms with Crippen LogP contribution in [-0.4, -0.2) is 35.6 Å². The summed E-state index contributed by atoms with van der Waals surface area (Å²) in [6.07, 6.45) is -3.18. The van der Waals surface area contributed by atoms with E-state index in [-0.39, 0.29) is 22.3 Å². The first-order valence-corrected chi connectivity index (χ1v) is 9.79. The molecule has 0 N–H and O–H groups in total. The molecule has 2 aromatic rings. The maximum Gasteiger partial charge on any atom is 0.416 e. The van der Waals surface area contributed by atoms with Crippen LogP contribution in [0, 0.1) is 5.82 Å². The van der Waals surface area contributed by atoms with E-state index in [1.807, 2.05) is 0 Å². The largest absolute Gasteiger partial charge is 0.466 e. The van der Waals surface area contributed by atoms with Gasteiger partial charge in [0.25, 0.3) is 5.91 Å². The fourth-order valence-corrected chi connectivity index (χ4v) is 3.69. The molecular formula is C21H16F4N2O3S. The third kappa shape index (κ3) is 5.72. The van der Waals surface area contributed by atoms with Crippen LogP contribution in [0.15, 0.2) is 64.5 Å². The number of hydrogen-bond donors (Lipinski definition) is 0. The molecule has 1 fully saturated rings. The van der Waals surface area contributed by atoms with Crippen molar-refractivity contribution in [1.82, 2.24) is 4.90 Å². The lowest BCUT2D eigenvalue weighted by molar-refractivity contribution is -0.137. The van der Waals surface area contributed by atoms with E-state index in [0.29, 0.717) is 6.42 Å². The zero-order valence-electron chi connectivity index (χ0n) is 16.1. The molecule has 10 heteroatoms. The number of carbonyl (C=O) groups excluding carboxylic acids is 2. The van der Waals surface area contributed by atoms with Gasteiger partial charge in [-0.25, -0.2) is 14.2 Å². The highest BCUT2D eigenvalue weighted by Gasteiger charge is 2.34. The van der Waals surface area contributed by atoms with Crippen molar-refractivity contribution in [1.29, 1.82) is 0 Å². The van der Waals surface area contributed by atoms with E-state index in [0.717, 1.165) is 42.6 Å². The molecule has 0 atom stereocenters. The summed E-state index contributed by atoms with van der Waals surface area (Å²) in [7, 11) is 1.16.